The number of hydrogen-bond donors (Lipinski definition) is 1. The van der Waals surface area contributed by atoms with Crippen LogP contribution in [0, 0.1) is 5.82 Å². The summed E-state index contributed by atoms with van der Waals surface area (Å²) >= 11 is 4.55. The molecule has 1 heterocycles. The summed E-state index contributed by atoms with van der Waals surface area (Å²) in [5.74, 6) is -0.317. The number of hydrogen-bond acceptors (Lipinski definition) is 5. The molecule has 0 aliphatic heterocycles. The van der Waals surface area contributed by atoms with E-state index in [2.05, 4.69) is 35.6 Å². The van der Waals surface area contributed by atoms with E-state index in [4.69, 9.17) is 4.74 Å². The summed E-state index contributed by atoms with van der Waals surface area (Å²) in [5.41, 5.74) is 1.70. The molecular formula is C23H24FNO2S3. The van der Waals surface area contributed by atoms with Crippen LogP contribution < -0.4 is 5.32 Å². The standard InChI is InChI=1S/C23H24FNO2S3/c1-23(2,3)27-22(26)25-14-20-19(24)13-21(30-20)29-18-11-16(10-17(12-18)28-4)15-8-6-5-7-9-15/h5-13H,14H2,1-4H3,(H,25,26). The Hall–Kier alpha value is -1.96. The first-order valence-corrected chi connectivity index (χ1v) is 12.3. The highest BCUT2D eigenvalue weighted by molar-refractivity contribution is 8.01. The summed E-state index contributed by atoms with van der Waals surface area (Å²) in [6.45, 7) is 5.48. The Balaban J connectivity index is 1.74. The average Bonchev–Trinajstić information content (AvgIpc) is 3.04. The average molecular weight is 462 g/mol. The van der Waals surface area contributed by atoms with Gasteiger partial charge in [-0.1, -0.05) is 42.1 Å². The molecule has 0 spiro atoms. The molecule has 0 unspecified atom stereocenters. The number of carbonyl (C=O) groups excluding carboxylic acids is 1. The minimum absolute atomic E-state index is 0.103. The van der Waals surface area contributed by atoms with Gasteiger partial charge in [-0.3, -0.25) is 0 Å². The van der Waals surface area contributed by atoms with Crippen LogP contribution in [0.3, 0.4) is 0 Å². The number of thioether (sulfide) groups is 1. The van der Waals surface area contributed by atoms with Crippen LogP contribution in [0.2, 0.25) is 0 Å². The maximum absolute atomic E-state index is 14.4. The van der Waals surface area contributed by atoms with Crippen LogP contribution in [0.25, 0.3) is 11.1 Å². The molecule has 0 saturated heterocycles. The second-order valence-corrected chi connectivity index (χ2v) is 10.9. The molecular weight excluding hydrogens is 437 g/mol. The van der Waals surface area contributed by atoms with Crippen LogP contribution in [0.4, 0.5) is 9.18 Å². The second kappa shape index (κ2) is 9.90. The number of carbonyl (C=O) groups is 1. The molecule has 30 heavy (non-hydrogen) atoms. The van der Waals surface area contributed by atoms with Crippen molar-refractivity contribution >= 4 is 41.0 Å². The van der Waals surface area contributed by atoms with E-state index in [1.54, 1.807) is 32.5 Å². The van der Waals surface area contributed by atoms with E-state index in [-0.39, 0.29) is 12.4 Å². The summed E-state index contributed by atoms with van der Waals surface area (Å²) < 4.78 is 20.4. The minimum atomic E-state index is -0.585. The Kier molecular flexibility index (Phi) is 7.50. The van der Waals surface area contributed by atoms with Gasteiger partial charge in [0.1, 0.15) is 11.4 Å². The largest absolute Gasteiger partial charge is 0.444 e. The lowest BCUT2D eigenvalue weighted by Gasteiger charge is -2.19. The van der Waals surface area contributed by atoms with Crippen LogP contribution in [-0.2, 0) is 11.3 Å². The predicted octanol–water partition coefficient (Wildman–Crippen LogP) is 7.45. The van der Waals surface area contributed by atoms with Gasteiger partial charge >= 0.3 is 6.09 Å². The van der Waals surface area contributed by atoms with Crippen molar-refractivity contribution in [3.05, 3.63) is 65.3 Å². The molecule has 0 aliphatic carbocycles. The molecule has 1 aromatic heterocycles. The zero-order chi connectivity index (χ0) is 21.7. The van der Waals surface area contributed by atoms with Gasteiger partial charge in [0.25, 0.3) is 0 Å². The van der Waals surface area contributed by atoms with Gasteiger partial charge in [-0.25, -0.2) is 9.18 Å². The molecule has 0 radical (unpaired) electrons. The molecule has 0 aliphatic rings. The highest BCUT2D eigenvalue weighted by Gasteiger charge is 2.17. The Morgan fingerprint density at radius 2 is 1.77 bits per heavy atom. The lowest BCUT2D eigenvalue weighted by Crippen LogP contribution is -2.32. The van der Waals surface area contributed by atoms with Crippen molar-refractivity contribution in [3.8, 4) is 11.1 Å². The van der Waals surface area contributed by atoms with Crippen LogP contribution in [0.5, 0.6) is 0 Å². The van der Waals surface area contributed by atoms with E-state index >= 15 is 0 Å². The van der Waals surface area contributed by atoms with Crippen molar-refractivity contribution in [1.82, 2.24) is 5.32 Å². The molecule has 1 amide bonds. The molecule has 0 bridgehead atoms. The Labute approximate surface area is 189 Å². The Bertz CT molecular complexity index is 1010. The lowest BCUT2D eigenvalue weighted by molar-refractivity contribution is 0.0524. The van der Waals surface area contributed by atoms with Crippen molar-refractivity contribution in [3.63, 3.8) is 0 Å². The number of rotatable bonds is 6. The molecule has 3 aromatic rings. The highest BCUT2D eigenvalue weighted by atomic mass is 32.2. The topological polar surface area (TPSA) is 38.3 Å². The Morgan fingerprint density at radius 3 is 2.43 bits per heavy atom. The number of thiophene rings is 1. The van der Waals surface area contributed by atoms with E-state index in [0.717, 1.165) is 25.1 Å². The van der Waals surface area contributed by atoms with Gasteiger partial charge in [0, 0.05) is 9.79 Å². The molecule has 0 saturated carbocycles. The number of halogens is 1. The Morgan fingerprint density at radius 1 is 1.07 bits per heavy atom. The quantitative estimate of drug-likeness (QED) is 0.387. The number of ether oxygens (including phenoxy) is 1. The van der Waals surface area contributed by atoms with Crippen LogP contribution in [0.15, 0.2) is 68.6 Å². The maximum Gasteiger partial charge on any atom is 0.407 e. The van der Waals surface area contributed by atoms with Gasteiger partial charge in [0.15, 0.2) is 0 Å². The van der Waals surface area contributed by atoms with Crippen molar-refractivity contribution in [1.29, 1.82) is 0 Å². The van der Waals surface area contributed by atoms with Crippen molar-refractivity contribution < 1.29 is 13.9 Å². The van der Waals surface area contributed by atoms with Crippen molar-refractivity contribution in [2.75, 3.05) is 6.26 Å². The third kappa shape index (κ3) is 6.52. The number of amides is 1. The first-order valence-electron chi connectivity index (χ1n) is 9.41. The zero-order valence-corrected chi connectivity index (χ0v) is 19.8. The van der Waals surface area contributed by atoms with Gasteiger partial charge in [-0.15, -0.1) is 23.1 Å². The van der Waals surface area contributed by atoms with Gasteiger partial charge in [-0.05, 0) is 62.4 Å². The van der Waals surface area contributed by atoms with E-state index in [1.807, 2.05) is 24.5 Å². The fourth-order valence-corrected chi connectivity index (χ4v) is 5.48. The van der Waals surface area contributed by atoms with E-state index in [1.165, 1.54) is 29.2 Å². The van der Waals surface area contributed by atoms with Crippen LogP contribution in [0.1, 0.15) is 25.6 Å². The number of benzene rings is 2. The molecule has 3 nitrogen and oxygen atoms in total. The van der Waals surface area contributed by atoms with E-state index < -0.39 is 11.7 Å². The molecule has 3 rings (SSSR count). The van der Waals surface area contributed by atoms with Gasteiger partial charge in [0.05, 0.1) is 15.6 Å². The highest BCUT2D eigenvalue weighted by Crippen LogP contribution is 2.38. The van der Waals surface area contributed by atoms with E-state index in [9.17, 15) is 9.18 Å². The molecule has 7 heteroatoms. The fourth-order valence-electron chi connectivity index (χ4n) is 2.68. The van der Waals surface area contributed by atoms with Crippen LogP contribution >= 0.6 is 34.9 Å². The molecule has 158 valence electrons. The third-order valence-electron chi connectivity index (χ3n) is 3.97. The molecule has 0 atom stereocenters. The third-order valence-corrected chi connectivity index (χ3v) is 6.87. The smallest absolute Gasteiger partial charge is 0.407 e. The summed E-state index contributed by atoms with van der Waals surface area (Å²) in [6.07, 6.45) is 1.49. The normalized spacial score (nSPS) is 11.4. The van der Waals surface area contributed by atoms with Crippen LogP contribution in [-0.4, -0.2) is 18.0 Å². The summed E-state index contributed by atoms with van der Waals surface area (Å²) in [5, 5.41) is 2.62. The number of nitrogens with one attached hydrogen (secondary N) is 1. The zero-order valence-electron chi connectivity index (χ0n) is 17.3. The van der Waals surface area contributed by atoms with Gasteiger partial charge < -0.3 is 10.1 Å². The van der Waals surface area contributed by atoms with Gasteiger partial charge in [0.2, 0.25) is 0 Å². The predicted molar refractivity (Wildman–Crippen MR) is 125 cm³/mol. The second-order valence-electron chi connectivity index (χ2n) is 7.56. The molecule has 1 N–H and O–H groups in total. The maximum atomic E-state index is 14.4. The summed E-state index contributed by atoms with van der Waals surface area (Å²) in [4.78, 5) is 14.5. The van der Waals surface area contributed by atoms with E-state index in [0.29, 0.717) is 4.88 Å². The first kappa shape index (κ1) is 22.7. The van der Waals surface area contributed by atoms with Crippen molar-refractivity contribution in [2.45, 2.75) is 46.9 Å². The minimum Gasteiger partial charge on any atom is -0.444 e. The SMILES string of the molecule is CSc1cc(Sc2cc(F)c(CNC(=O)OC(C)(C)C)s2)cc(-c2ccccc2)c1. The van der Waals surface area contributed by atoms with Gasteiger partial charge in [-0.2, -0.15) is 0 Å². The summed E-state index contributed by atoms with van der Waals surface area (Å²) in [7, 11) is 0. The molecule has 2 aromatic carbocycles. The monoisotopic (exact) mass is 461 g/mol. The fraction of sp³-hybridized carbons (Fsp3) is 0.261. The first-order chi connectivity index (χ1) is 14.2. The molecule has 0 fully saturated rings. The lowest BCUT2D eigenvalue weighted by atomic mass is 10.1. The summed E-state index contributed by atoms with van der Waals surface area (Å²) in [6, 6.07) is 18.1. The number of alkyl carbamates (subject to hydrolysis) is 1. The van der Waals surface area contributed by atoms with Crippen molar-refractivity contribution in [2.24, 2.45) is 0 Å².